The van der Waals surface area contributed by atoms with Crippen LogP contribution in [0, 0.1) is 0 Å². The number of aromatic nitrogens is 2. The molecule has 2 aliphatic rings. The van der Waals surface area contributed by atoms with Crippen LogP contribution in [0.3, 0.4) is 0 Å². The lowest BCUT2D eigenvalue weighted by Gasteiger charge is -2.33. The van der Waals surface area contributed by atoms with Gasteiger partial charge in [0.25, 0.3) is 0 Å². The van der Waals surface area contributed by atoms with Crippen LogP contribution in [0.4, 0.5) is 4.79 Å². The summed E-state index contributed by atoms with van der Waals surface area (Å²) in [5.74, 6) is 0. The number of carbonyl (C=O) groups is 1. The van der Waals surface area contributed by atoms with E-state index >= 15 is 0 Å². The summed E-state index contributed by atoms with van der Waals surface area (Å²) in [7, 11) is 0. The van der Waals surface area contributed by atoms with Crippen molar-refractivity contribution >= 4 is 6.09 Å². The Morgan fingerprint density at radius 3 is 2.67 bits per heavy atom. The molecule has 0 N–H and O–H groups in total. The smallest absolute Gasteiger partial charge is 0.410 e. The van der Waals surface area contributed by atoms with Gasteiger partial charge >= 0.3 is 6.09 Å². The summed E-state index contributed by atoms with van der Waals surface area (Å²) in [5, 5.41) is 0. The molecule has 1 aliphatic carbocycles. The normalized spacial score (nSPS) is 23.2. The zero-order chi connectivity index (χ0) is 15.0. The lowest BCUT2D eigenvalue weighted by molar-refractivity contribution is 0.0216. The molecule has 1 aromatic rings. The molecule has 2 fully saturated rings. The van der Waals surface area contributed by atoms with Gasteiger partial charge in [-0.2, -0.15) is 0 Å². The van der Waals surface area contributed by atoms with Gasteiger partial charge in [-0.1, -0.05) is 0 Å². The summed E-state index contributed by atoms with van der Waals surface area (Å²) in [6.45, 7) is 6.51. The van der Waals surface area contributed by atoms with E-state index in [1.165, 1.54) is 25.0 Å². The Balaban J connectivity index is 1.78. The number of nitrogens with zero attached hydrogens (tertiary/aromatic N) is 3. The Kier molecular flexibility index (Phi) is 3.68. The monoisotopic (exact) mass is 291 g/mol. The van der Waals surface area contributed by atoms with Crippen molar-refractivity contribution in [1.82, 2.24) is 14.5 Å². The Morgan fingerprint density at radius 2 is 2.05 bits per heavy atom. The van der Waals surface area contributed by atoms with E-state index in [9.17, 15) is 4.79 Å². The molecule has 0 aromatic carbocycles. The second-order valence-corrected chi connectivity index (χ2v) is 7.14. The fourth-order valence-electron chi connectivity index (χ4n) is 3.16. The van der Waals surface area contributed by atoms with E-state index in [1.807, 2.05) is 38.2 Å². The van der Waals surface area contributed by atoms with Crippen LogP contribution in [-0.4, -0.2) is 32.7 Å². The van der Waals surface area contributed by atoms with Gasteiger partial charge in [0, 0.05) is 12.6 Å². The molecule has 5 heteroatoms. The minimum absolute atomic E-state index is 0.114. The van der Waals surface area contributed by atoms with Gasteiger partial charge in [0.05, 0.1) is 24.3 Å². The first-order chi connectivity index (χ1) is 9.96. The Bertz CT molecular complexity index is 514. The standard InChI is InChI=1S/C16H25N3O2/c1-16(2,3)21-15(20)18-9-5-8-13(18)14-10-17-11-19(14)12-6-4-7-12/h10-13H,4-9H2,1-3H3/t13-/m0/s1. The zero-order valence-electron chi connectivity index (χ0n) is 13.2. The van der Waals surface area contributed by atoms with Crippen molar-refractivity contribution < 1.29 is 9.53 Å². The predicted molar refractivity (Wildman–Crippen MR) is 80.0 cm³/mol. The van der Waals surface area contributed by atoms with Gasteiger partial charge in [-0.15, -0.1) is 0 Å². The van der Waals surface area contributed by atoms with E-state index in [0.717, 1.165) is 19.4 Å². The fraction of sp³-hybridized carbons (Fsp3) is 0.750. The van der Waals surface area contributed by atoms with Crippen molar-refractivity contribution in [2.45, 2.75) is 70.6 Å². The van der Waals surface area contributed by atoms with E-state index in [1.54, 1.807) is 0 Å². The van der Waals surface area contributed by atoms with E-state index in [-0.39, 0.29) is 12.1 Å². The molecule has 1 aromatic heterocycles. The molecule has 3 rings (SSSR count). The van der Waals surface area contributed by atoms with Crippen LogP contribution in [-0.2, 0) is 4.74 Å². The molecule has 116 valence electrons. The second-order valence-electron chi connectivity index (χ2n) is 7.14. The summed E-state index contributed by atoms with van der Waals surface area (Å²) in [5.41, 5.74) is 0.724. The zero-order valence-corrected chi connectivity index (χ0v) is 13.2. The molecule has 2 heterocycles. The van der Waals surface area contributed by atoms with Crippen LogP contribution in [0.1, 0.15) is 70.7 Å². The van der Waals surface area contributed by atoms with E-state index in [4.69, 9.17) is 4.74 Å². The van der Waals surface area contributed by atoms with Crippen molar-refractivity contribution in [2.75, 3.05) is 6.54 Å². The summed E-state index contributed by atoms with van der Waals surface area (Å²) >= 11 is 0. The third-order valence-corrected chi connectivity index (χ3v) is 4.39. The molecule has 1 saturated heterocycles. The first kappa shape index (κ1) is 14.4. The lowest BCUT2D eigenvalue weighted by Crippen LogP contribution is -2.37. The number of amides is 1. The maximum atomic E-state index is 12.4. The number of ether oxygens (including phenoxy) is 1. The van der Waals surface area contributed by atoms with Gasteiger partial charge in [-0.05, 0) is 52.9 Å². The molecule has 21 heavy (non-hydrogen) atoms. The van der Waals surface area contributed by atoms with Gasteiger partial charge in [0.2, 0.25) is 0 Å². The van der Waals surface area contributed by atoms with E-state index in [2.05, 4.69) is 9.55 Å². The number of hydrogen-bond acceptors (Lipinski definition) is 3. The third-order valence-electron chi connectivity index (χ3n) is 4.39. The van der Waals surface area contributed by atoms with Gasteiger partial charge in [-0.3, -0.25) is 4.90 Å². The second kappa shape index (κ2) is 5.35. The van der Waals surface area contributed by atoms with Crippen molar-refractivity contribution in [2.24, 2.45) is 0 Å². The summed E-state index contributed by atoms with van der Waals surface area (Å²) in [6.07, 6.45) is 9.41. The van der Waals surface area contributed by atoms with Crippen molar-refractivity contribution in [3.8, 4) is 0 Å². The largest absolute Gasteiger partial charge is 0.444 e. The fourth-order valence-corrected chi connectivity index (χ4v) is 3.16. The Labute approximate surface area is 126 Å². The van der Waals surface area contributed by atoms with Crippen LogP contribution in [0.2, 0.25) is 0 Å². The highest BCUT2D eigenvalue weighted by Crippen LogP contribution is 2.38. The Hall–Kier alpha value is -1.52. The van der Waals surface area contributed by atoms with Crippen LogP contribution >= 0.6 is 0 Å². The number of rotatable bonds is 2. The van der Waals surface area contributed by atoms with Gasteiger partial charge in [-0.25, -0.2) is 9.78 Å². The highest BCUT2D eigenvalue weighted by molar-refractivity contribution is 5.69. The minimum atomic E-state index is -0.446. The number of carbonyl (C=O) groups excluding carboxylic acids is 1. The minimum Gasteiger partial charge on any atom is -0.444 e. The van der Waals surface area contributed by atoms with E-state index in [0.29, 0.717) is 6.04 Å². The molecule has 0 spiro atoms. The Morgan fingerprint density at radius 1 is 1.29 bits per heavy atom. The highest BCUT2D eigenvalue weighted by atomic mass is 16.6. The third kappa shape index (κ3) is 2.92. The SMILES string of the molecule is CC(C)(C)OC(=O)N1CCC[C@H]1c1cncn1C1CCC1. The average Bonchev–Trinajstić information content (AvgIpc) is 2.90. The molecule has 0 radical (unpaired) electrons. The van der Waals surface area contributed by atoms with Crippen LogP contribution < -0.4 is 0 Å². The van der Waals surface area contributed by atoms with Crippen molar-refractivity contribution in [3.63, 3.8) is 0 Å². The molecule has 0 bridgehead atoms. The maximum absolute atomic E-state index is 12.4. The molecule has 0 unspecified atom stereocenters. The maximum Gasteiger partial charge on any atom is 0.410 e. The number of hydrogen-bond donors (Lipinski definition) is 0. The number of likely N-dealkylation sites (tertiary alicyclic amines) is 1. The summed E-state index contributed by atoms with van der Waals surface area (Å²) in [4.78, 5) is 18.6. The molecular weight excluding hydrogens is 266 g/mol. The molecule has 1 atom stereocenters. The van der Waals surface area contributed by atoms with Crippen LogP contribution in [0.5, 0.6) is 0 Å². The average molecular weight is 291 g/mol. The first-order valence-electron chi connectivity index (χ1n) is 7.97. The van der Waals surface area contributed by atoms with Crippen molar-refractivity contribution in [3.05, 3.63) is 18.2 Å². The summed E-state index contributed by atoms with van der Waals surface area (Å²) < 4.78 is 7.82. The van der Waals surface area contributed by atoms with Crippen LogP contribution in [0.15, 0.2) is 12.5 Å². The highest BCUT2D eigenvalue weighted by Gasteiger charge is 2.36. The molecule has 1 aliphatic heterocycles. The summed E-state index contributed by atoms with van der Waals surface area (Å²) in [6, 6.07) is 0.687. The number of imidazole rings is 1. The first-order valence-corrected chi connectivity index (χ1v) is 7.97. The quantitative estimate of drug-likeness (QED) is 0.835. The molecule has 5 nitrogen and oxygen atoms in total. The molecular formula is C16H25N3O2. The van der Waals surface area contributed by atoms with Gasteiger partial charge in [0.1, 0.15) is 5.60 Å². The lowest BCUT2D eigenvalue weighted by atomic mass is 9.92. The topological polar surface area (TPSA) is 47.4 Å². The van der Waals surface area contributed by atoms with Gasteiger partial charge < -0.3 is 9.30 Å². The van der Waals surface area contributed by atoms with Crippen LogP contribution in [0.25, 0.3) is 0 Å². The predicted octanol–water partition coefficient (Wildman–Crippen LogP) is 3.68. The van der Waals surface area contributed by atoms with Crippen molar-refractivity contribution in [1.29, 1.82) is 0 Å². The van der Waals surface area contributed by atoms with Gasteiger partial charge in [0.15, 0.2) is 0 Å². The molecule has 1 amide bonds. The van der Waals surface area contributed by atoms with E-state index < -0.39 is 5.60 Å². The molecule has 1 saturated carbocycles.